The van der Waals surface area contributed by atoms with Gasteiger partial charge in [0.15, 0.2) is 0 Å². The molecule has 4 nitrogen and oxygen atoms in total. The molecule has 0 aliphatic heterocycles. The summed E-state index contributed by atoms with van der Waals surface area (Å²) in [6, 6.07) is 6.01. The second-order valence-corrected chi connectivity index (χ2v) is 4.47. The maximum absolute atomic E-state index is 10.8. The summed E-state index contributed by atoms with van der Waals surface area (Å²) in [5.41, 5.74) is 4.86. The van der Waals surface area contributed by atoms with E-state index in [2.05, 4.69) is 5.10 Å². The fraction of sp³-hybridized carbons (Fsp3) is 0.286. The van der Waals surface area contributed by atoms with Crippen LogP contribution in [0, 0.1) is 20.8 Å². The molecule has 94 valence electrons. The van der Waals surface area contributed by atoms with E-state index < -0.39 is 5.97 Å². The average Bonchev–Trinajstić information content (AvgIpc) is 2.63. The summed E-state index contributed by atoms with van der Waals surface area (Å²) in [6.45, 7) is 5.92. The Morgan fingerprint density at radius 1 is 1.33 bits per heavy atom. The molecular formula is C14H16N2O2. The number of carboxylic acids is 1. The first-order valence-electron chi connectivity index (χ1n) is 5.82. The summed E-state index contributed by atoms with van der Waals surface area (Å²) in [7, 11) is 0. The van der Waals surface area contributed by atoms with Gasteiger partial charge in [-0.3, -0.25) is 4.79 Å². The third kappa shape index (κ3) is 2.27. The Balaban J connectivity index is 2.46. The van der Waals surface area contributed by atoms with Crippen molar-refractivity contribution >= 4 is 5.97 Å². The minimum absolute atomic E-state index is 0.0106. The second kappa shape index (κ2) is 4.64. The van der Waals surface area contributed by atoms with E-state index in [1.807, 2.05) is 39.0 Å². The first-order chi connectivity index (χ1) is 8.49. The maximum Gasteiger partial charge on any atom is 0.307 e. The molecule has 18 heavy (non-hydrogen) atoms. The Kier molecular flexibility index (Phi) is 3.19. The van der Waals surface area contributed by atoms with Gasteiger partial charge in [0.1, 0.15) is 0 Å². The van der Waals surface area contributed by atoms with Gasteiger partial charge in [-0.1, -0.05) is 12.1 Å². The summed E-state index contributed by atoms with van der Waals surface area (Å²) in [5.74, 6) is -0.835. The zero-order valence-electron chi connectivity index (χ0n) is 10.8. The number of aromatic nitrogens is 2. The molecule has 4 heteroatoms. The summed E-state index contributed by atoms with van der Waals surface area (Å²) >= 11 is 0. The fourth-order valence-electron chi connectivity index (χ4n) is 1.94. The molecule has 2 rings (SSSR count). The molecule has 0 aliphatic rings. The minimum Gasteiger partial charge on any atom is -0.481 e. The van der Waals surface area contributed by atoms with Crippen LogP contribution < -0.4 is 0 Å². The lowest BCUT2D eigenvalue weighted by molar-refractivity contribution is -0.136. The van der Waals surface area contributed by atoms with Gasteiger partial charge in [-0.25, -0.2) is 4.68 Å². The number of hydrogen-bond donors (Lipinski definition) is 1. The predicted molar refractivity (Wildman–Crippen MR) is 69.1 cm³/mol. The normalized spacial score (nSPS) is 10.6. The molecule has 0 bridgehead atoms. The number of rotatable bonds is 3. The van der Waals surface area contributed by atoms with E-state index in [9.17, 15) is 4.79 Å². The number of nitrogens with zero attached hydrogens (tertiary/aromatic N) is 2. The van der Waals surface area contributed by atoms with Crippen molar-refractivity contribution in [1.82, 2.24) is 9.78 Å². The van der Waals surface area contributed by atoms with Crippen molar-refractivity contribution in [3.8, 4) is 5.69 Å². The van der Waals surface area contributed by atoms with E-state index in [1.165, 1.54) is 5.56 Å². The lowest BCUT2D eigenvalue weighted by Gasteiger charge is -2.07. The summed E-state index contributed by atoms with van der Waals surface area (Å²) in [4.78, 5) is 10.8. The number of carboxylic acid groups (broad SMARTS) is 1. The van der Waals surface area contributed by atoms with Crippen molar-refractivity contribution in [2.45, 2.75) is 27.2 Å². The molecule has 2 aromatic rings. The maximum atomic E-state index is 10.8. The van der Waals surface area contributed by atoms with Gasteiger partial charge in [-0.05, 0) is 38.0 Å². The van der Waals surface area contributed by atoms with E-state index in [4.69, 9.17) is 5.11 Å². The Bertz CT molecular complexity index is 600. The van der Waals surface area contributed by atoms with Crippen LogP contribution in [0.4, 0.5) is 0 Å². The van der Waals surface area contributed by atoms with E-state index in [0.717, 1.165) is 22.5 Å². The molecule has 0 atom stereocenters. The Labute approximate surface area is 106 Å². The van der Waals surface area contributed by atoms with Gasteiger partial charge in [0, 0.05) is 11.8 Å². The number of benzene rings is 1. The van der Waals surface area contributed by atoms with Crippen LogP contribution in [-0.2, 0) is 11.2 Å². The molecule has 1 heterocycles. The molecular weight excluding hydrogens is 228 g/mol. The average molecular weight is 244 g/mol. The smallest absolute Gasteiger partial charge is 0.307 e. The lowest BCUT2D eigenvalue weighted by Crippen LogP contribution is -2.00. The number of carbonyl (C=O) groups is 1. The van der Waals surface area contributed by atoms with Crippen LogP contribution in [-0.4, -0.2) is 20.9 Å². The highest BCUT2D eigenvalue weighted by atomic mass is 16.4. The molecule has 1 aromatic carbocycles. The molecule has 0 aliphatic carbocycles. The van der Waals surface area contributed by atoms with Crippen molar-refractivity contribution in [3.63, 3.8) is 0 Å². The largest absolute Gasteiger partial charge is 0.481 e. The predicted octanol–water partition coefficient (Wildman–Crippen LogP) is 2.42. The fourth-order valence-corrected chi connectivity index (χ4v) is 1.94. The zero-order valence-corrected chi connectivity index (χ0v) is 10.8. The third-order valence-electron chi connectivity index (χ3n) is 3.17. The lowest BCUT2D eigenvalue weighted by atomic mass is 10.1. The molecule has 1 N–H and O–H groups in total. The van der Waals surface area contributed by atoms with E-state index in [0.29, 0.717) is 0 Å². The van der Waals surface area contributed by atoms with Crippen molar-refractivity contribution < 1.29 is 9.90 Å². The molecule has 0 unspecified atom stereocenters. The van der Waals surface area contributed by atoms with Crippen LogP contribution in [0.15, 0.2) is 24.4 Å². The van der Waals surface area contributed by atoms with Gasteiger partial charge in [-0.15, -0.1) is 0 Å². The quantitative estimate of drug-likeness (QED) is 0.902. The van der Waals surface area contributed by atoms with Gasteiger partial charge in [-0.2, -0.15) is 5.10 Å². The van der Waals surface area contributed by atoms with Crippen LogP contribution in [0.5, 0.6) is 0 Å². The Morgan fingerprint density at radius 3 is 2.72 bits per heavy atom. The summed E-state index contributed by atoms with van der Waals surface area (Å²) < 4.78 is 1.76. The van der Waals surface area contributed by atoms with Crippen molar-refractivity contribution in [2.75, 3.05) is 0 Å². The molecule has 1 aromatic heterocycles. The Hall–Kier alpha value is -2.10. The molecule has 0 amide bonds. The van der Waals surface area contributed by atoms with Gasteiger partial charge < -0.3 is 5.11 Å². The SMILES string of the molecule is Cc1cccc(-n2cc(CC(=O)O)c(C)n2)c1C. The molecule has 0 radical (unpaired) electrons. The van der Waals surface area contributed by atoms with Crippen molar-refractivity contribution in [1.29, 1.82) is 0 Å². The topological polar surface area (TPSA) is 55.1 Å². The molecule has 0 spiro atoms. The first-order valence-corrected chi connectivity index (χ1v) is 5.82. The monoisotopic (exact) mass is 244 g/mol. The number of aryl methyl sites for hydroxylation is 2. The van der Waals surface area contributed by atoms with Crippen molar-refractivity contribution in [3.05, 3.63) is 46.8 Å². The van der Waals surface area contributed by atoms with Crippen LogP contribution in [0.25, 0.3) is 5.69 Å². The standard InChI is InChI=1S/C14H16N2O2/c1-9-5-4-6-13(10(9)2)16-8-12(7-14(17)18)11(3)15-16/h4-6,8H,7H2,1-3H3,(H,17,18). The Morgan fingerprint density at radius 2 is 2.06 bits per heavy atom. The second-order valence-electron chi connectivity index (χ2n) is 4.47. The van der Waals surface area contributed by atoms with Crippen LogP contribution in [0.2, 0.25) is 0 Å². The van der Waals surface area contributed by atoms with Crippen molar-refractivity contribution in [2.24, 2.45) is 0 Å². The van der Waals surface area contributed by atoms with Crippen LogP contribution >= 0.6 is 0 Å². The highest BCUT2D eigenvalue weighted by Crippen LogP contribution is 2.18. The van der Waals surface area contributed by atoms with E-state index >= 15 is 0 Å². The van der Waals surface area contributed by atoms with E-state index in [-0.39, 0.29) is 6.42 Å². The van der Waals surface area contributed by atoms with Gasteiger partial charge >= 0.3 is 5.97 Å². The molecule has 0 saturated heterocycles. The number of hydrogen-bond acceptors (Lipinski definition) is 2. The first kappa shape index (κ1) is 12.4. The highest BCUT2D eigenvalue weighted by molar-refractivity contribution is 5.70. The molecule has 0 fully saturated rings. The van der Waals surface area contributed by atoms with Crippen LogP contribution in [0.3, 0.4) is 0 Å². The summed E-state index contributed by atoms with van der Waals surface area (Å²) in [5, 5.41) is 13.2. The zero-order chi connectivity index (χ0) is 13.3. The van der Waals surface area contributed by atoms with E-state index in [1.54, 1.807) is 10.9 Å². The highest BCUT2D eigenvalue weighted by Gasteiger charge is 2.11. The van der Waals surface area contributed by atoms with Crippen LogP contribution in [0.1, 0.15) is 22.4 Å². The van der Waals surface area contributed by atoms with Gasteiger partial charge in [0.2, 0.25) is 0 Å². The summed E-state index contributed by atoms with van der Waals surface area (Å²) in [6.07, 6.45) is 1.81. The number of aliphatic carboxylic acids is 1. The third-order valence-corrected chi connectivity index (χ3v) is 3.17. The van der Waals surface area contributed by atoms with Gasteiger partial charge in [0.05, 0.1) is 17.8 Å². The minimum atomic E-state index is -0.835. The van der Waals surface area contributed by atoms with Gasteiger partial charge in [0.25, 0.3) is 0 Å². The molecule has 0 saturated carbocycles.